The third-order valence-electron chi connectivity index (χ3n) is 3.66. The largest absolute Gasteiger partial charge is 0.335 e. The van der Waals surface area contributed by atoms with E-state index in [9.17, 15) is 8.42 Å². The number of aromatic nitrogens is 2. The maximum absolute atomic E-state index is 12.1. The van der Waals surface area contributed by atoms with Crippen molar-refractivity contribution in [1.29, 1.82) is 0 Å². The highest BCUT2D eigenvalue weighted by Crippen LogP contribution is 2.32. The van der Waals surface area contributed by atoms with E-state index < -0.39 is 9.84 Å². The number of halogens is 1. The lowest BCUT2D eigenvalue weighted by molar-refractivity contribution is 0.597. The molecular weight excluding hydrogens is 364 g/mol. The van der Waals surface area contributed by atoms with E-state index in [4.69, 9.17) is 0 Å². The van der Waals surface area contributed by atoms with E-state index in [1.165, 1.54) is 0 Å². The average Bonchev–Trinajstić information content (AvgIpc) is 2.84. The van der Waals surface area contributed by atoms with E-state index in [2.05, 4.69) is 20.9 Å². The Kier molecular flexibility index (Phi) is 3.82. The van der Waals surface area contributed by atoms with Gasteiger partial charge in [-0.1, -0.05) is 19.1 Å². The molecule has 2 heterocycles. The number of nitrogens with zero attached hydrogens (tertiary/aromatic N) is 2. The molecule has 0 fully saturated rings. The van der Waals surface area contributed by atoms with Crippen LogP contribution in [0.5, 0.6) is 0 Å². The number of hydrogen-bond acceptors (Lipinski definition) is 3. The van der Waals surface area contributed by atoms with Crippen LogP contribution >= 0.6 is 15.9 Å². The second kappa shape index (κ2) is 5.52. The summed E-state index contributed by atoms with van der Waals surface area (Å²) >= 11 is 3.44. The Labute approximate surface area is 137 Å². The molecule has 0 aliphatic heterocycles. The SMILES string of the molecule is CCS(=O)(=O)c1cccc(-c2cn(C)c3ncc(Br)cc23)c1. The number of hydrogen-bond donors (Lipinski definition) is 0. The van der Waals surface area contributed by atoms with E-state index in [0.717, 1.165) is 26.6 Å². The van der Waals surface area contributed by atoms with E-state index >= 15 is 0 Å². The van der Waals surface area contributed by atoms with Crippen molar-refractivity contribution in [1.82, 2.24) is 9.55 Å². The summed E-state index contributed by atoms with van der Waals surface area (Å²) in [5.74, 6) is 0.0963. The first-order chi connectivity index (χ1) is 10.4. The molecule has 0 aliphatic carbocycles. The van der Waals surface area contributed by atoms with Gasteiger partial charge in [0.15, 0.2) is 9.84 Å². The molecule has 0 unspecified atom stereocenters. The van der Waals surface area contributed by atoms with Gasteiger partial charge in [0.25, 0.3) is 0 Å². The van der Waals surface area contributed by atoms with Gasteiger partial charge in [-0.05, 0) is 39.7 Å². The third kappa shape index (κ3) is 2.57. The van der Waals surface area contributed by atoms with Gasteiger partial charge in [0.05, 0.1) is 10.6 Å². The van der Waals surface area contributed by atoms with Crippen LogP contribution in [0.4, 0.5) is 0 Å². The second-order valence-electron chi connectivity index (χ2n) is 5.11. The van der Waals surface area contributed by atoms with Crippen LogP contribution in [-0.2, 0) is 16.9 Å². The van der Waals surface area contributed by atoms with Crippen LogP contribution in [-0.4, -0.2) is 23.7 Å². The number of rotatable bonds is 3. The van der Waals surface area contributed by atoms with Crippen molar-refractivity contribution in [2.45, 2.75) is 11.8 Å². The Bertz CT molecular complexity index is 961. The van der Waals surface area contributed by atoms with Gasteiger partial charge in [0.1, 0.15) is 5.65 Å². The summed E-state index contributed by atoms with van der Waals surface area (Å²) in [6, 6.07) is 9.07. The first-order valence-electron chi connectivity index (χ1n) is 6.86. The Morgan fingerprint density at radius 3 is 2.77 bits per heavy atom. The molecule has 22 heavy (non-hydrogen) atoms. The standard InChI is InChI=1S/C16H15BrN2O2S/c1-3-22(20,21)13-6-4-5-11(7-13)15-10-19(2)16-14(15)8-12(17)9-18-16/h4-10H,3H2,1-2H3. The van der Waals surface area contributed by atoms with Gasteiger partial charge in [0, 0.05) is 34.9 Å². The molecule has 0 N–H and O–H groups in total. The minimum Gasteiger partial charge on any atom is -0.335 e. The van der Waals surface area contributed by atoms with Gasteiger partial charge in [-0.25, -0.2) is 13.4 Å². The molecule has 3 aromatic rings. The van der Waals surface area contributed by atoms with Gasteiger partial charge in [0.2, 0.25) is 0 Å². The zero-order valence-electron chi connectivity index (χ0n) is 12.2. The molecule has 0 amide bonds. The van der Waals surface area contributed by atoms with Gasteiger partial charge in [-0.15, -0.1) is 0 Å². The van der Waals surface area contributed by atoms with Gasteiger partial charge >= 0.3 is 0 Å². The summed E-state index contributed by atoms with van der Waals surface area (Å²) in [5, 5.41) is 0.989. The first kappa shape index (κ1) is 15.2. The zero-order valence-corrected chi connectivity index (χ0v) is 14.6. The Balaban J connectivity index is 2.24. The molecule has 0 saturated heterocycles. The third-order valence-corrected chi connectivity index (χ3v) is 5.83. The van der Waals surface area contributed by atoms with Crippen LogP contribution in [0.1, 0.15) is 6.92 Å². The number of sulfone groups is 1. The normalized spacial score (nSPS) is 12.0. The summed E-state index contributed by atoms with van der Waals surface area (Å²) in [5.41, 5.74) is 2.71. The summed E-state index contributed by atoms with van der Waals surface area (Å²) in [7, 11) is -1.29. The molecule has 1 aromatic carbocycles. The number of aryl methyl sites for hydroxylation is 1. The fraction of sp³-hybridized carbons (Fsp3) is 0.188. The van der Waals surface area contributed by atoms with Crippen molar-refractivity contribution in [2.75, 3.05) is 5.75 Å². The molecule has 3 rings (SSSR count). The minimum atomic E-state index is -3.22. The summed E-state index contributed by atoms with van der Waals surface area (Å²) in [4.78, 5) is 4.77. The first-order valence-corrected chi connectivity index (χ1v) is 9.30. The van der Waals surface area contributed by atoms with Crippen molar-refractivity contribution in [2.24, 2.45) is 7.05 Å². The van der Waals surface area contributed by atoms with Crippen molar-refractivity contribution in [3.63, 3.8) is 0 Å². The maximum atomic E-state index is 12.1. The summed E-state index contributed by atoms with van der Waals surface area (Å²) in [6.07, 6.45) is 3.73. The van der Waals surface area contributed by atoms with Crippen LogP contribution in [0.2, 0.25) is 0 Å². The fourth-order valence-corrected chi connectivity index (χ4v) is 3.75. The molecular formula is C16H15BrN2O2S. The predicted molar refractivity (Wildman–Crippen MR) is 91.6 cm³/mol. The average molecular weight is 379 g/mol. The quantitative estimate of drug-likeness (QED) is 0.696. The molecule has 2 aromatic heterocycles. The molecule has 0 saturated carbocycles. The highest BCUT2D eigenvalue weighted by atomic mass is 79.9. The van der Waals surface area contributed by atoms with E-state index in [1.807, 2.05) is 29.9 Å². The van der Waals surface area contributed by atoms with Crippen molar-refractivity contribution in [3.8, 4) is 11.1 Å². The highest BCUT2D eigenvalue weighted by Gasteiger charge is 2.15. The molecule has 0 radical (unpaired) electrons. The van der Waals surface area contributed by atoms with Gasteiger partial charge < -0.3 is 4.57 Å². The van der Waals surface area contributed by atoms with E-state index in [1.54, 1.807) is 31.3 Å². The van der Waals surface area contributed by atoms with Crippen LogP contribution in [0.25, 0.3) is 22.2 Å². The Hall–Kier alpha value is -1.66. The number of fused-ring (bicyclic) bond motifs is 1. The number of pyridine rings is 1. The minimum absolute atomic E-state index is 0.0963. The molecule has 4 nitrogen and oxygen atoms in total. The molecule has 0 atom stereocenters. The molecule has 114 valence electrons. The van der Waals surface area contributed by atoms with Crippen LogP contribution in [0, 0.1) is 0 Å². The lowest BCUT2D eigenvalue weighted by Crippen LogP contribution is -2.03. The molecule has 6 heteroatoms. The predicted octanol–water partition coefficient (Wildman–Crippen LogP) is 3.80. The Morgan fingerprint density at radius 2 is 2.05 bits per heavy atom. The van der Waals surface area contributed by atoms with Crippen LogP contribution < -0.4 is 0 Å². The van der Waals surface area contributed by atoms with Crippen molar-refractivity contribution >= 4 is 36.8 Å². The van der Waals surface area contributed by atoms with Gasteiger partial charge in [-0.2, -0.15) is 0 Å². The fourth-order valence-electron chi connectivity index (χ4n) is 2.49. The zero-order chi connectivity index (χ0) is 15.9. The van der Waals surface area contributed by atoms with Gasteiger partial charge in [-0.3, -0.25) is 0 Å². The smallest absolute Gasteiger partial charge is 0.178 e. The maximum Gasteiger partial charge on any atom is 0.178 e. The monoisotopic (exact) mass is 378 g/mol. The van der Waals surface area contributed by atoms with E-state index in [-0.39, 0.29) is 5.75 Å². The molecule has 0 aliphatic rings. The summed E-state index contributed by atoms with van der Waals surface area (Å²) in [6.45, 7) is 1.65. The highest BCUT2D eigenvalue weighted by molar-refractivity contribution is 9.10. The number of benzene rings is 1. The molecule has 0 spiro atoms. The van der Waals surface area contributed by atoms with Crippen LogP contribution in [0.15, 0.2) is 52.1 Å². The lowest BCUT2D eigenvalue weighted by Gasteiger charge is -2.05. The van der Waals surface area contributed by atoms with Crippen LogP contribution in [0.3, 0.4) is 0 Å². The summed E-state index contributed by atoms with van der Waals surface area (Å²) < 4.78 is 27.0. The van der Waals surface area contributed by atoms with Crippen molar-refractivity contribution in [3.05, 3.63) is 47.2 Å². The topological polar surface area (TPSA) is 52.0 Å². The Morgan fingerprint density at radius 1 is 1.27 bits per heavy atom. The van der Waals surface area contributed by atoms with Crippen molar-refractivity contribution < 1.29 is 8.42 Å². The lowest BCUT2D eigenvalue weighted by atomic mass is 10.1. The second-order valence-corrected chi connectivity index (χ2v) is 8.30. The van der Waals surface area contributed by atoms with E-state index in [0.29, 0.717) is 4.90 Å². The molecule has 0 bridgehead atoms.